The van der Waals surface area contributed by atoms with Crippen LogP contribution in [0.5, 0.6) is 0 Å². The van der Waals surface area contributed by atoms with Gasteiger partial charge in [-0.05, 0) is 135 Å². The van der Waals surface area contributed by atoms with Crippen molar-refractivity contribution >= 4 is 152 Å². The molecule has 0 spiro atoms. The molecule has 0 radical (unpaired) electrons. The van der Waals surface area contributed by atoms with Gasteiger partial charge in [-0.15, -0.1) is 0 Å². The number of Topliss-reactive ketones (excluding diaryl/α,β-unsaturated/α-hetero) is 1. The summed E-state index contributed by atoms with van der Waals surface area (Å²) in [5.41, 5.74) is 7.67. The Morgan fingerprint density at radius 2 is 1.16 bits per heavy atom. The van der Waals surface area contributed by atoms with Crippen molar-refractivity contribution in [2.45, 2.75) is 18.9 Å². The van der Waals surface area contributed by atoms with Gasteiger partial charge in [-0.25, -0.2) is 27.5 Å². The maximum absolute atomic E-state index is 13.1. The van der Waals surface area contributed by atoms with Crippen molar-refractivity contribution in [2.24, 2.45) is 5.73 Å². The van der Waals surface area contributed by atoms with Crippen LogP contribution < -0.4 is 5.73 Å². The molecule has 2 aromatic carbocycles. The van der Waals surface area contributed by atoms with Crippen LogP contribution in [0, 0.1) is 23.3 Å². The summed E-state index contributed by atoms with van der Waals surface area (Å²) in [6, 6.07) is 12.9. The summed E-state index contributed by atoms with van der Waals surface area (Å²) in [6.45, 7) is 0. The molecule has 4 nitrogen and oxygen atoms in total. The van der Waals surface area contributed by atoms with E-state index in [4.69, 9.17) is 5.73 Å². The van der Waals surface area contributed by atoms with Crippen LogP contribution in [0.15, 0.2) is 78.8 Å². The molecule has 0 aliphatic heterocycles. The quantitative estimate of drug-likeness (QED) is 0.0687. The maximum atomic E-state index is 13.1. The van der Waals surface area contributed by atoms with Gasteiger partial charge in [0.25, 0.3) is 0 Å². The fourth-order valence-corrected chi connectivity index (χ4v) is 4.96. The molecule has 4 rings (SSSR count). The van der Waals surface area contributed by atoms with E-state index in [9.17, 15) is 22.4 Å². The molecule has 0 fully saturated rings. The first-order valence-corrected chi connectivity index (χ1v) is 30.5. The molecule has 0 saturated heterocycles. The van der Waals surface area contributed by atoms with Crippen LogP contribution >= 0.6 is 146 Å². The number of nitrogens with two attached hydrogens (primary N) is 1. The van der Waals surface area contributed by atoms with E-state index in [1.807, 2.05) is 11.0 Å². The van der Waals surface area contributed by atoms with Crippen molar-refractivity contribution in [3.63, 3.8) is 0 Å². The van der Waals surface area contributed by atoms with Crippen LogP contribution in [0.4, 0.5) is 17.6 Å². The number of alkyl halides is 1. The summed E-state index contributed by atoms with van der Waals surface area (Å²) in [5, 5.41) is 0. The zero-order chi connectivity index (χ0) is 33.6. The number of aromatic nitrogens is 2. The summed E-state index contributed by atoms with van der Waals surface area (Å²) < 4.78 is 54.8. The number of hydrogen-bond donors (Lipinski definition) is 1. The molecular weight excluding hydrogens is 1340 g/mol. The van der Waals surface area contributed by atoms with Crippen LogP contribution in [-0.2, 0) is 17.8 Å². The Hall–Kier alpha value is 1.51. The Balaban J connectivity index is 0.000000374. The molecule has 0 aliphatic rings. The summed E-state index contributed by atoms with van der Waals surface area (Å²) in [6.07, 6.45) is 0.188. The number of pyridine rings is 2. The molecule has 0 aliphatic carbocycles. The molecular formula is C27H20Br4F4I4N3OV. The Labute approximate surface area is 338 Å². The first-order chi connectivity index (χ1) is 20.6. The predicted octanol–water partition coefficient (Wildman–Crippen LogP) is 12.1. The fraction of sp³-hybridized carbons (Fsp3) is 0.148. The number of carbonyl (C=O) groups excluding carboxylic acids is 1. The van der Waals surface area contributed by atoms with Gasteiger partial charge in [0.1, 0.15) is 38.2 Å². The fourth-order valence-electron chi connectivity index (χ4n) is 3.37. The number of hydrogen-bond acceptors (Lipinski definition) is 4. The van der Waals surface area contributed by atoms with Gasteiger partial charge in [0.2, 0.25) is 0 Å². The number of halogens is 12. The van der Waals surface area contributed by atoms with E-state index >= 15 is 0 Å². The van der Waals surface area contributed by atoms with E-state index in [-0.39, 0.29) is 28.4 Å². The van der Waals surface area contributed by atoms with Gasteiger partial charge in [0.05, 0.1) is 11.7 Å². The van der Waals surface area contributed by atoms with Gasteiger partial charge in [0, 0.05) is 27.5 Å². The summed E-state index contributed by atoms with van der Waals surface area (Å²) in [7, 11) is 0. The van der Waals surface area contributed by atoms with Crippen molar-refractivity contribution in [3.05, 3.63) is 125 Å². The first kappa shape index (κ1) is 43.5. The van der Waals surface area contributed by atoms with Crippen molar-refractivity contribution in [2.75, 3.05) is 4.93 Å². The molecule has 4 aromatic rings. The van der Waals surface area contributed by atoms with E-state index < -0.39 is 29.3 Å². The third kappa shape index (κ3) is 17.3. The van der Waals surface area contributed by atoms with E-state index in [1.54, 1.807) is 18.2 Å². The molecule has 1 atom stereocenters. The zero-order valence-corrected chi connectivity index (χ0v) is 38.5. The number of nitrogens with zero attached hydrogens (tertiary/aromatic N) is 2. The summed E-state index contributed by atoms with van der Waals surface area (Å²) in [5.74, 6) is -2.95. The number of carbonyl (C=O) groups is 1. The van der Waals surface area contributed by atoms with Crippen molar-refractivity contribution in [1.29, 1.82) is 0 Å². The molecule has 2 aromatic heterocycles. The molecule has 44 heavy (non-hydrogen) atoms. The zero-order valence-electron chi connectivity index (χ0n) is 22.1. The minimum atomic E-state index is -0.705. The van der Waals surface area contributed by atoms with Crippen LogP contribution in [-0.4, -0.2) is 20.7 Å². The Kier molecular flexibility index (Phi) is 22.8. The van der Waals surface area contributed by atoms with Crippen LogP contribution in [0.3, 0.4) is 0 Å². The van der Waals surface area contributed by atoms with E-state index in [1.165, 1.54) is 12.1 Å². The normalized spacial score (nSPS) is 10.9. The standard InChI is InChI=1S/C13H10Br2F2N2.C13H7Br2F2NO.CH3I.3HI.V/c14-10-1-2-12(15)19-13(10)11(18)5-7-3-8(16)6-9(17)4-7;14-10-1-2-12(15)18-13(10)11(19)5-7-3-8(16)6-9(17)4-7;1-2;;;;/h1-4,6,11H,5,18H2;1-4,6H,5H2;1H3;3*1H;/q;;;;;;+3/p-3/t11-;;;;;;/m0....../s1. The van der Waals surface area contributed by atoms with Gasteiger partial charge in [0.15, 0.2) is 5.78 Å². The van der Waals surface area contributed by atoms with Gasteiger partial charge in [-0.2, -0.15) is 0 Å². The van der Waals surface area contributed by atoms with Crippen LogP contribution in [0.2, 0.25) is 0 Å². The molecule has 0 unspecified atom stereocenters. The van der Waals surface area contributed by atoms with E-state index in [2.05, 4.69) is 156 Å². The van der Waals surface area contributed by atoms with Crippen molar-refractivity contribution in [3.8, 4) is 0 Å². The average Bonchev–Trinajstić information content (AvgIpc) is 2.91. The summed E-state index contributed by atoms with van der Waals surface area (Å²) >= 11 is 22.6. The number of benzene rings is 2. The van der Waals surface area contributed by atoms with Gasteiger partial charge in [-0.1, -0.05) is 22.6 Å². The van der Waals surface area contributed by atoms with Crippen LogP contribution in [0.25, 0.3) is 0 Å². The predicted molar refractivity (Wildman–Crippen MR) is 213 cm³/mol. The average molecular weight is 1360 g/mol. The second-order valence-corrected chi connectivity index (χ2v) is 46.8. The monoisotopic (exact) mass is 1350 g/mol. The van der Waals surface area contributed by atoms with E-state index in [0.29, 0.717) is 31.4 Å². The minimum absolute atomic E-state index is 0.114. The molecule has 2 N–H and O–H groups in total. The van der Waals surface area contributed by atoms with Crippen LogP contribution in [0.1, 0.15) is 33.4 Å². The Bertz CT molecular complexity index is 1500. The second kappa shape index (κ2) is 23.0. The van der Waals surface area contributed by atoms with Gasteiger partial charge in [-0.3, -0.25) is 4.79 Å². The van der Waals surface area contributed by atoms with E-state index in [0.717, 1.165) is 28.7 Å². The Morgan fingerprint density at radius 3 is 1.64 bits per heavy atom. The molecule has 2 heterocycles. The van der Waals surface area contributed by atoms with Crippen molar-refractivity contribution in [1.82, 2.24) is 9.97 Å². The van der Waals surface area contributed by atoms with Gasteiger partial charge >= 0.3 is 64.9 Å². The molecule has 0 bridgehead atoms. The van der Waals surface area contributed by atoms with Gasteiger partial charge < -0.3 is 5.73 Å². The van der Waals surface area contributed by atoms with Crippen molar-refractivity contribution < 1.29 is 27.3 Å². The number of rotatable bonds is 6. The topological polar surface area (TPSA) is 68.9 Å². The molecule has 17 heteroatoms. The number of ketones is 1. The molecule has 0 amide bonds. The second-order valence-electron chi connectivity index (χ2n) is 8.12. The third-order valence-corrected chi connectivity index (χ3v) is 7.13. The third-order valence-electron chi connectivity index (χ3n) is 4.93. The summed E-state index contributed by atoms with van der Waals surface area (Å²) in [4.78, 5) is 22.1. The SMILES string of the molecule is CI.N[C@@H](Cc1cc(F)cc(F)c1)c1nc(Br)ccc1Br.O=C(Cc1cc(F)cc(F)c1)c1nc(Br)ccc1Br.[I][V]([I])[I]. The Morgan fingerprint density at radius 1 is 0.750 bits per heavy atom. The molecule has 0 saturated carbocycles. The first-order valence-electron chi connectivity index (χ1n) is 11.6. The molecule has 238 valence electrons.